The Labute approximate surface area is 175 Å². The largest absolute Gasteiger partial charge is 0.350 e. The van der Waals surface area contributed by atoms with E-state index in [1.165, 1.54) is 17.0 Å². The molecule has 0 bridgehead atoms. The van der Waals surface area contributed by atoms with E-state index in [9.17, 15) is 18.8 Å². The number of halogens is 1. The van der Waals surface area contributed by atoms with Crippen molar-refractivity contribution in [3.8, 4) is 0 Å². The second-order valence-electron chi connectivity index (χ2n) is 7.50. The minimum Gasteiger partial charge on any atom is -0.350 e. The predicted molar refractivity (Wildman–Crippen MR) is 112 cm³/mol. The summed E-state index contributed by atoms with van der Waals surface area (Å²) < 4.78 is 13.0. The number of rotatable bonds is 7. The number of benzene rings is 2. The zero-order valence-electron chi connectivity index (χ0n) is 17.2. The van der Waals surface area contributed by atoms with E-state index < -0.39 is 5.92 Å². The number of anilines is 1. The van der Waals surface area contributed by atoms with E-state index >= 15 is 0 Å². The van der Waals surface area contributed by atoms with Crippen molar-refractivity contribution in [2.45, 2.75) is 26.8 Å². The van der Waals surface area contributed by atoms with Crippen molar-refractivity contribution in [1.29, 1.82) is 0 Å². The Morgan fingerprint density at radius 2 is 1.80 bits per heavy atom. The summed E-state index contributed by atoms with van der Waals surface area (Å²) in [6.45, 7) is 4.65. The van der Waals surface area contributed by atoms with Crippen LogP contribution in [0.3, 0.4) is 0 Å². The van der Waals surface area contributed by atoms with Crippen LogP contribution in [0.2, 0.25) is 0 Å². The third-order valence-corrected chi connectivity index (χ3v) is 5.25. The molecule has 1 heterocycles. The van der Waals surface area contributed by atoms with Crippen molar-refractivity contribution in [1.82, 2.24) is 10.2 Å². The number of aryl methyl sites for hydroxylation is 1. The highest BCUT2D eigenvalue weighted by Crippen LogP contribution is 2.26. The van der Waals surface area contributed by atoms with Crippen molar-refractivity contribution in [2.24, 2.45) is 5.92 Å². The number of hydrogen-bond donors (Lipinski definition) is 1. The summed E-state index contributed by atoms with van der Waals surface area (Å²) >= 11 is 0. The molecule has 6 nitrogen and oxygen atoms in total. The summed E-state index contributed by atoms with van der Waals surface area (Å²) in [6, 6.07) is 13.5. The van der Waals surface area contributed by atoms with Gasteiger partial charge < -0.3 is 15.1 Å². The summed E-state index contributed by atoms with van der Waals surface area (Å²) in [5.74, 6) is -1.39. The van der Waals surface area contributed by atoms with Crippen LogP contribution in [0.4, 0.5) is 10.1 Å². The Morgan fingerprint density at radius 1 is 1.13 bits per heavy atom. The van der Waals surface area contributed by atoms with Crippen LogP contribution in [-0.2, 0) is 20.9 Å². The maximum absolute atomic E-state index is 13.0. The molecule has 30 heavy (non-hydrogen) atoms. The molecule has 1 N–H and O–H groups in total. The van der Waals surface area contributed by atoms with Crippen molar-refractivity contribution in [3.05, 3.63) is 65.5 Å². The SMILES string of the molecule is CCN(CC(=O)NCc1ccc(F)cc1)C(=O)C1CC(=O)N(c2ccc(C)cc2)C1. The second kappa shape index (κ2) is 9.52. The van der Waals surface area contributed by atoms with E-state index in [1.54, 1.807) is 24.0 Å². The molecule has 7 heteroatoms. The van der Waals surface area contributed by atoms with Gasteiger partial charge in [0.2, 0.25) is 17.7 Å². The van der Waals surface area contributed by atoms with Gasteiger partial charge in [-0.05, 0) is 43.7 Å². The molecule has 0 aliphatic carbocycles. The average molecular weight is 411 g/mol. The zero-order chi connectivity index (χ0) is 21.7. The fourth-order valence-corrected chi connectivity index (χ4v) is 3.48. The van der Waals surface area contributed by atoms with Crippen molar-refractivity contribution in [2.75, 3.05) is 24.5 Å². The van der Waals surface area contributed by atoms with Crippen LogP contribution in [0, 0.1) is 18.7 Å². The van der Waals surface area contributed by atoms with E-state index in [0.29, 0.717) is 13.1 Å². The van der Waals surface area contributed by atoms with Crippen molar-refractivity contribution < 1.29 is 18.8 Å². The standard InChI is InChI=1S/C23H26FN3O3/c1-3-26(15-21(28)25-13-17-6-8-19(24)9-7-17)23(30)18-12-22(29)27(14-18)20-10-4-16(2)5-11-20/h4-11,18H,3,12-15H2,1-2H3,(H,25,28). The number of carbonyl (C=O) groups is 3. The maximum Gasteiger partial charge on any atom is 0.239 e. The molecule has 158 valence electrons. The van der Waals surface area contributed by atoms with E-state index in [-0.39, 0.29) is 43.0 Å². The van der Waals surface area contributed by atoms with Crippen LogP contribution in [0.25, 0.3) is 0 Å². The molecule has 2 aromatic carbocycles. The molecular weight excluding hydrogens is 385 g/mol. The van der Waals surface area contributed by atoms with Gasteiger partial charge in [0, 0.05) is 31.7 Å². The second-order valence-corrected chi connectivity index (χ2v) is 7.50. The number of nitrogens with one attached hydrogen (secondary N) is 1. The van der Waals surface area contributed by atoms with Gasteiger partial charge in [0.1, 0.15) is 5.82 Å². The number of nitrogens with zero attached hydrogens (tertiary/aromatic N) is 2. The molecule has 1 unspecified atom stereocenters. The minimum absolute atomic E-state index is 0.0776. The Bertz CT molecular complexity index is 912. The first-order chi connectivity index (χ1) is 14.4. The van der Waals surface area contributed by atoms with Gasteiger partial charge in [-0.1, -0.05) is 29.8 Å². The van der Waals surface area contributed by atoms with Gasteiger partial charge in [-0.25, -0.2) is 4.39 Å². The summed E-state index contributed by atoms with van der Waals surface area (Å²) in [4.78, 5) is 40.8. The van der Waals surface area contributed by atoms with Gasteiger partial charge in [-0.2, -0.15) is 0 Å². The van der Waals surface area contributed by atoms with Crippen LogP contribution in [0.15, 0.2) is 48.5 Å². The fraction of sp³-hybridized carbons (Fsp3) is 0.348. The molecule has 1 aliphatic rings. The van der Waals surface area contributed by atoms with E-state index in [0.717, 1.165) is 16.8 Å². The highest BCUT2D eigenvalue weighted by molar-refractivity contribution is 6.00. The Kier molecular flexibility index (Phi) is 6.82. The maximum atomic E-state index is 13.0. The lowest BCUT2D eigenvalue weighted by atomic mass is 10.1. The third kappa shape index (κ3) is 5.23. The van der Waals surface area contributed by atoms with Gasteiger partial charge in [-0.3, -0.25) is 14.4 Å². The van der Waals surface area contributed by atoms with Crippen LogP contribution in [0.5, 0.6) is 0 Å². The van der Waals surface area contributed by atoms with Gasteiger partial charge in [0.15, 0.2) is 0 Å². The lowest BCUT2D eigenvalue weighted by molar-refractivity contribution is -0.139. The van der Waals surface area contributed by atoms with Crippen LogP contribution >= 0.6 is 0 Å². The van der Waals surface area contributed by atoms with E-state index in [2.05, 4.69) is 5.32 Å². The molecule has 3 rings (SSSR count). The number of carbonyl (C=O) groups excluding carboxylic acids is 3. The molecule has 0 saturated carbocycles. The van der Waals surface area contributed by atoms with E-state index in [1.807, 2.05) is 31.2 Å². The van der Waals surface area contributed by atoms with Crippen LogP contribution in [-0.4, -0.2) is 42.3 Å². The van der Waals surface area contributed by atoms with Gasteiger partial charge in [0.25, 0.3) is 0 Å². The van der Waals surface area contributed by atoms with Crippen LogP contribution in [0.1, 0.15) is 24.5 Å². The summed E-state index contributed by atoms with van der Waals surface area (Å²) in [5, 5.41) is 2.74. The first kappa shape index (κ1) is 21.5. The average Bonchev–Trinajstić information content (AvgIpc) is 3.13. The normalized spacial score (nSPS) is 15.9. The molecule has 3 amide bonds. The molecule has 1 saturated heterocycles. The summed E-state index contributed by atoms with van der Waals surface area (Å²) in [5.41, 5.74) is 2.65. The Balaban J connectivity index is 1.56. The molecule has 1 fully saturated rings. The molecule has 2 aromatic rings. The van der Waals surface area contributed by atoms with Gasteiger partial charge >= 0.3 is 0 Å². The summed E-state index contributed by atoms with van der Waals surface area (Å²) in [6.07, 6.45) is 0.139. The third-order valence-electron chi connectivity index (χ3n) is 5.25. The fourth-order valence-electron chi connectivity index (χ4n) is 3.48. The Morgan fingerprint density at radius 3 is 2.43 bits per heavy atom. The Hall–Kier alpha value is -3.22. The first-order valence-corrected chi connectivity index (χ1v) is 10.0. The number of amides is 3. The lowest BCUT2D eigenvalue weighted by Gasteiger charge is -2.24. The molecule has 1 aliphatic heterocycles. The van der Waals surface area contributed by atoms with Gasteiger partial charge in [-0.15, -0.1) is 0 Å². The van der Waals surface area contributed by atoms with Crippen molar-refractivity contribution >= 4 is 23.4 Å². The highest BCUT2D eigenvalue weighted by Gasteiger charge is 2.37. The topological polar surface area (TPSA) is 69.7 Å². The lowest BCUT2D eigenvalue weighted by Crippen LogP contribution is -2.43. The zero-order valence-corrected chi connectivity index (χ0v) is 17.2. The number of likely N-dealkylation sites (N-methyl/N-ethyl adjacent to an activating group) is 1. The molecule has 0 spiro atoms. The molecule has 0 aromatic heterocycles. The number of hydrogen-bond acceptors (Lipinski definition) is 3. The highest BCUT2D eigenvalue weighted by atomic mass is 19.1. The minimum atomic E-state index is -0.469. The monoisotopic (exact) mass is 411 g/mol. The molecular formula is C23H26FN3O3. The van der Waals surface area contributed by atoms with Crippen molar-refractivity contribution in [3.63, 3.8) is 0 Å². The molecule has 0 radical (unpaired) electrons. The molecule has 1 atom stereocenters. The summed E-state index contributed by atoms with van der Waals surface area (Å²) in [7, 11) is 0. The predicted octanol–water partition coefficient (Wildman–Crippen LogP) is 2.65. The first-order valence-electron chi connectivity index (χ1n) is 10.0. The quantitative estimate of drug-likeness (QED) is 0.762. The van der Waals surface area contributed by atoms with E-state index in [4.69, 9.17) is 0 Å². The smallest absolute Gasteiger partial charge is 0.239 e. The van der Waals surface area contributed by atoms with Gasteiger partial charge in [0.05, 0.1) is 12.5 Å². The van der Waals surface area contributed by atoms with Crippen LogP contribution < -0.4 is 10.2 Å².